The summed E-state index contributed by atoms with van der Waals surface area (Å²) in [5.74, 6) is 3.09. The fourth-order valence-electron chi connectivity index (χ4n) is 6.67. The van der Waals surface area contributed by atoms with Crippen LogP contribution in [0.5, 0.6) is 0 Å². The second-order valence-corrected chi connectivity index (χ2v) is 10.2. The van der Waals surface area contributed by atoms with Crippen LogP contribution < -0.4 is 5.32 Å². The number of rotatable bonds is 5. The zero-order chi connectivity index (χ0) is 18.5. The van der Waals surface area contributed by atoms with Crippen molar-refractivity contribution < 1.29 is 4.79 Å². The summed E-state index contributed by atoms with van der Waals surface area (Å²) in [5, 5.41) is 4.18. The van der Waals surface area contributed by atoms with E-state index in [4.69, 9.17) is 11.6 Å². The first-order valence-electron chi connectivity index (χ1n) is 10.4. The van der Waals surface area contributed by atoms with E-state index in [9.17, 15) is 4.79 Å². The van der Waals surface area contributed by atoms with Crippen LogP contribution in [-0.2, 0) is 4.79 Å². The summed E-state index contributed by atoms with van der Waals surface area (Å²) in [7, 11) is 0. The second kappa shape index (κ2) is 6.86. The van der Waals surface area contributed by atoms with Gasteiger partial charge in [0.1, 0.15) is 0 Å². The number of nitrogens with one attached hydrogen (secondary N) is 1. The summed E-state index contributed by atoms with van der Waals surface area (Å²) in [6.07, 6.45) is 8.31. The molecule has 2 atom stereocenters. The largest absolute Gasteiger partial charge is 0.353 e. The van der Waals surface area contributed by atoms with Crippen LogP contribution in [0, 0.1) is 29.1 Å². The van der Waals surface area contributed by atoms with Crippen LogP contribution in [0.4, 0.5) is 0 Å². The number of hydrogen-bond donors (Lipinski definition) is 1. The summed E-state index contributed by atoms with van der Waals surface area (Å²) >= 11 is 6.04. The predicted octanol–water partition coefficient (Wildman–Crippen LogP) is 5.80. The van der Waals surface area contributed by atoms with E-state index in [1.54, 1.807) is 0 Å². The van der Waals surface area contributed by atoms with Crippen LogP contribution in [0.15, 0.2) is 24.3 Å². The third kappa shape index (κ3) is 3.30. The van der Waals surface area contributed by atoms with Crippen LogP contribution in [0.3, 0.4) is 0 Å². The Kier molecular flexibility index (Phi) is 4.84. The highest BCUT2D eigenvalue weighted by atomic mass is 35.5. The van der Waals surface area contributed by atoms with Gasteiger partial charge in [-0.15, -0.1) is 0 Å². The lowest BCUT2D eigenvalue weighted by Gasteiger charge is -2.59. The van der Waals surface area contributed by atoms with Crippen LogP contribution in [-0.4, -0.2) is 11.9 Å². The molecule has 4 bridgehead atoms. The van der Waals surface area contributed by atoms with E-state index in [0.29, 0.717) is 5.41 Å². The average molecular weight is 374 g/mol. The molecule has 0 radical (unpaired) electrons. The number of carbonyl (C=O) groups is 1. The fraction of sp³-hybridized carbons (Fsp3) is 0.696. The number of halogens is 1. The quantitative estimate of drug-likeness (QED) is 0.694. The van der Waals surface area contributed by atoms with Crippen molar-refractivity contribution >= 4 is 17.5 Å². The van der Waals surface area contributed by atoms with Gasteiger partial charge in [-0.3, -0.25) is 4.79 Å². The van der Waals surface area contributed by atoms with Gasteiger partial charge in [-0.25, -0.2) is 0 Å². The van der Waals surface area contributed by atoms with Gasteiger partial charge in [-0.05, 0) is 92.2 Å². The standard InChI is InChI=1S/C23H32ClNO/c1-14(2)21(19-4-6-20(24)7-5-19)22(26)25-15(3)23-11-16-8-17(12-23)10-18(9-16)13-23/h4-7,14-18,21H,8-13H2,1-3H3,(H,25,26)/t15-,16?,17?,18?,21+,23?/m0/s1. The fourth-order valence-corrected chi connectivity index (χ4v) is 6.80. The van der Waals surface area contributed by atoms with Gasteiger partial charge < -0.3 is 5.32 Å². The molecule has 4 aliphatic rings. The van der Waals surface area contributed by atoms with E-state index in [-0.39, 0.29) is 23.8 Å². The lowest BCUT2D eigenvalue weighted by molar-refractivity contribution is -0.128. The molecule has 1 aromatic carbocycles. The highest BCUT2D eigenvalue weighted by molar-refractivity contribution is 6.30. The molecule has 4 saturated carbocycles. The first-order valence-corrected chi connectivity index (χ1v) is 10.8. The van der Waals surface area contributed by atoms with Crippen molar-refractivity contribution in [3.63, 3.8) is 0 Å². The normalized spacial score (nSPS) is 34.7. The molecule has 4 aliphatic carbocycles. The van der Waals surface area contributed by atoms with Crippen molar-refractivity contribution in [2.24, 2.45) is 29.1 Å². The van der Waals surface area contributed by atoms with E-state index >= 15 is 0 Å². The maximum atomic E-state index is 13.2. The van der Waals surface area contributed by atoms with E-state index in [0.717, 1.165) is 28.3 Å². The third-order valence-corrected chi connectivity index (χ3v) is 7.79. The molecular formula is C23H32ClNO. The molecule has 0 aromatic heterocycles. The van der Waals surface area contributed by atoms with Crippen LogP contribution in [0.1, 0.15) is 70.8 Å². The Morgan fingerprint density at radius 1 is 1.00 bits per heavy atom. The Bertz CT molecular complexity index is 630. The first kappa shape index (κ1) is 18.3. The van der Waals surface area contributed by atoms with Gasteiger partial charge >= 0.3 is 0 Å². The summed E-state index contributed by atoms with van der Waals surface area (Å²) in [5.41, 5.74) is 1.42. The van der Waals surface area contributed by atoms with E-state index in [2.05, 4.69) is 26.1 Å². The molecule has 142 valence electrons. The smallest absolute Gasteiger partial charge is 0.228 e. The van der Waals surface area contributed by atoms with E-state index in [1.165, 1.54) is 38.5 Å². The zero-order valence-corrected chi connectivity index (χ0v) is 17.1. The molecule has 5 rings (SSSR count). The van der Waals surface area contributed by atoms with Crippen molar-refractivity contribution in [1.82, 2.24) is 5.32 Å². The van der Waals surface area contributed by atoms with Crippen molar-refractivity contribution in [3.8, 4) is 0 Å². The lowest BCUT2D eigenvalue weighted by atomic mass is 9.48. The number of amides is 1. The predicted molar refractivity (Wildman–Crippen MR) is 107 cm³/mol. The molecule has 0 heterocycles. The zero-order valence-electron chi connectivity index (χ0n) is 16.3. The number of hydrogen-bond acceptors (Lipinski definition) is 1. The Balaban J connectivity index is 1.50. The van der Waals surface area contributed by atoms with Crippen LogP contribution >= 0.6 is 11.6 Å². The maximum absolute atomic E-state index is 13.2. The SMILES string of the molecule is CC(C)[C@@H](C(=O)N[C@@H](C)C12CC3CC(CC(C3)C1)C2)c1ccc(Cl)cc1. The van der Waals surface area contributed by atoms with Crippen LogP contribution in [0.2, 0.25) is 5.02 Å². The van der Waals surface area contributed by atoms with E-state index < -0.39 is 0 Å². The second-order valence-electron chi connectivity index (χ2n) is 9.78. The highest BCUT2D eigenvalue weighted by Gasteiger charge is 2.53. The Morgan fingerprint density at radius 2 is 1.50 bits per heavy atom. The molecule has 0 unspecified atom stereocenters. The Hall–Kier alpha value is -1.02. The van der Waals surface area contributed by atoms with Gasteiger partial charge in [0.2, 0.25) is 5.91 Å². The van der Waals surface area contributed by atoms with Gasteiger partial charge in [0.25, 0.3) is 0 Å². The summed E-state index contributed by atoms with van der Waals surface area (Å²) < 4.78 is 0. The monoisotopic (exact) mass is 373 g/mol. The number of carbonyl (C=O) groups excluding carboxylic acids is 1. The van der Waals surface area contributed by atoms with Crippen molar-refractivity contribution in [1.29, 1.82) is 0 Å². The molecule has 3 heteroatoms. The Morgan fingerprint density at radius 3 is 1.96 bits per heavy atom. The molecule has 1 aromatic rings. The molecule has 4 fully saturated rings. The average Bonchev–Trinajstić information content (AvgIpc) is 2.55. The highest BCUT2D eigenvalue weighted by Crippen LogP contribution is 2.61. The molecular weight excluding hydrogens is 342 g/mol. The summed E-state index contributed by atoms with van der Waals surface area (Å²) in [6, 6.07) is 8.06. The minimum absolute atomic E-state index is 0.108. The maximum Gasteiger partial charge on any atom is 0.228 e. The van der Waals surface area contributed by atoms with Gasteiger partial charge in [0.05, 0.1) is 5.92 Å². The van der Waals surface area contributed by atoms with Crippen molar-refractivity contribution in [3.05, 3.63) is 34.9 Å². The van der Waals surface area contributed by atoms with Crippen molar-refractivity contribution in [2.45, 2.75) is 71.3 Å². The first-order chi connectivity index (χ1) is 12.4. The van der Waals surface area contributed by atoms with Gasteiger partial charge in [0.15, 0.2) is 0 Å². The molecule has 0 spiro atoms. The molecule has 26 heavy (non-hydrogen) atoms. The van der Waals surface area contributed by atoms with Gasteiger partial charge in [-0.1, -0.05) is 37.6 Å². The molecule has 0 aliphatic heterocycles. The third-order valence-electron chi connectivity index (χ3n) is 7.54. The van der Waals surface area contributed by atoms with E-state index in [1.807, 2.05) is 24.3 Å². The Labute approximate surface area is 163 Å². The minimum atomic E-state index is -0.108. The topological polar surface area (TPSA) is 29.1 Å². The van der Waals surface area contributed by atoms with Gasteiger partial charge in [0, 0.05) is 11.1 Å². The van der Waals surface area contributed by atoms with Gasteiger partial charge in [-0.2, -0.15) is 0 Å². The van der Waals surface area contributed by atoms with Crippen LogP contribution in [0.25, 0.3) is 0 Å². The molecule has 2 nitrogen and oxygen atoms in total. The molecule has 1 amide bonds. The number of benzene rings is 1. The van der Waals surface area contributed by atoms with Crippen molar-refractivity contribution in [2.75, 3.05) is 0 Å². The summed E-state index contributed by atoms with van der Waals surface area (Å²) in [4.78, 5) is 13.2. The molecule has 0 saturated heterocycles. The lowest BCUT2D eigenvalue weighted by Crippen LogP contribution is -2.56. The minimum Gasteiger partial charge on any atom is -0.353 e. The summed E-state index contributed by atoms with van der Waals surface area (Å²) in [6.45, 7) is 6.53. The molecule has 1 N–H and O–H groups in total.